The predicted molar refractivity (Wildman–Crippen MR) is 99.2 cm³/mol. The van der Waals surface area contributed by atoms with Crippen LogP contribution in [0, 0.1) is 19.7 Å². The minimum Gasteiger partial charge on any atom is -0.457 e. The number of hydrogen-bond donors (Lipinski definition) is 0. The van der Waals surface area contributed by atoms with Crippen molar-refractivity contribution in [3.05, 3.63) is 89.9 Å². The summed E-state index contributed by atoms with van der Waals surface area (Å²) in [6, 6.07) is 20.3. The van der Waals surface area contributed by atoms with Crippen molar-refractivity contribution >= 4 is 10.9 Å². The molecule has 0 aliphatic carbocycles. The van der Waals surface area contributed by atoms with Crippen molar-refractivity contribution in [3.8, 4) is 17.2 Å². The molecule has 3 heteroatoms. The van der Waals surface area contributed by atoms with Crippen LogP contribution in [0.4, 0.5) is 4.39 Å². The van der Waals surface area contributed by atoms with Crippen molar-refractivity contribution in [1.82, 2.24) is 4.57 Å². The van der Waals surface area contributed by atoms with Crippen LogP contribution in [-0.4, -0.2) is 4.57 Å². The van der Waals surface area contributed by atoms with E-state index in [1.54, 1.807) is 12.1 Å². The number of ether oxygens (including phenoxy) is 1. The number of aromatic nitrogens is 1. The maximum absolute atomic E-state index is 13.0. The van der Waals surface area contributed by atoms with Crippen molar-refractivity contribution in [2.75, 3.05) is 0 Å². The third-order valence-corrected chi connectivity index (χ3v) is 4.39. The van der Waals surface area contributed by atoms with E-state index in [0.29, 0.717) is 5.75 Å². The molecule has 0 N–H and O–H groups in total. The number of rotatable bonds is 3. The first-order valence-electron chi connectivity index (χ1n) is 8.23. The first-order valence-corrected chi connectivity index (χ1v) is 8.23. The minimum absolute atomic E-state index is 0.270. The number of aryl methyl sites for hydroxylation is 2. The SMILES string of the molecule is Cc1cn(-c2ccc(Oc3ccc(F)cc3)cc2)c2c(C)cccc12. The minimum atomic E-state index is -0.270. The van der Waals surface area contributed by atoms with E-state index < -0.39 is 0 Å². The Morgan fingerprint density at radius 3 is 2.08 bits per heavy atom. The molecule has 0 saturated carbocycles. The van der Waals surface area contributed by atoms with Crippen molar-refractivity contribution < 1.29 is 9.13 Å². The lowest BCUT2D eigenvalue weighted by atomic mass is 10.1. The number of para-hydroxylation sites is 1. The van der Waals surface area contributed by atoms with Gasteiger partial charge in [-0.1, -0.05) is 18.2 Å². The average molecular weight is 331 g/mol. The fourth-order valence-corrected chi connectivity index (χ4v) is 3.14. The van der Waals surface area contributed by atoms with Gasteiger partial charge in [0.05, 0.1) is 5.52 Å². The van der Waals surface area contributed by atoms with Crippen molar-refractivity contribution in [1.29, 1.82) is 0 Å². The van der Waals surface area contributed by atoms with Gasteiger partial charge in [-0.05, 0) is 73.5 Å². The van der Waals surface area contributed by atoms with Crippen LogP contribution < -0.4 is 4.74 Å². The molecular formula is C22H18FNO. The van der Waals surface area contributed by atoms with Gasteiger partial charge in [0.15, 0.2) is 0 Å². The van der Waals surface area contributed by atoms with Crippen molar-refractivity contribution in [2.45, 2.75) is 13.8 Å². The van der Waals surface area contributed by atoms with Gasteiger partial charge in [-0.2, -0.15) is 0 Å². The van der Waals surface area contributed by atoms with Gasteiger partial charge in [0.25, 0.3) is 0 Å². The highest BCUT2D eigenvalue weighted by atomic mass is 19.1. The molecule has 0 aliphatic heterocycles. The molecule has 124 valence electrons. The highest BCUT2D eigenvalue weighted by Gasteiger charge is 2.09. The molecule has 0 unspecified atom stereocenters. The van der Waals surface area contributed by atoms with Crippen molar-refractivity contribution in [2.24, 2.45) is 0 Å². The van der Waals surface area contributed by atoms with E-state index in [4.69, 9.17) is 4.74 Å². The summed E-state index contributed by atoms with van der Waals surface area (Å²) in [5, 5.41) is 1.27. The summed E-state index contributed by atoms with van der Waals surface area (Å²) in [7, 11) is 0. The molecule has 0 amide bonds. The Morgan fingerprint density at radius 2 is 1.40 bits per heavy atom. The highest BCUT2D eigenvalue weighted by Crippen LogP contribution is 2.29. The maximum Gasteiger partial charge on any atom is 0.127 e. The van der Waals surface area contributed by atoms with E-state index in [9.17, 15) is 4.39 Å². The second kappa shape index (κ2) is 6.10. The van der Waals surface area contributed by atoms with Crippen LogP contribution in [0.15, 0.2) is 72.9 Å². The number of hydrogen-bond acceptors (Lipinski definition) is 1. The lowest BCUT2D eigenvalue weighted by Gasteiger charge is -2.10. The Kier molecular flexibility index (Phi) is 3.77. The van der Waals surface area contributed by atoms with Crippen LogP contribution in [0.25, 0.3) is 16.6 Å². The number of halogens is 1. The summed E-state index contributed by atoms with van der Waals surface area (Å²) in [5.41, 5.74) is 4.81. The first kappa shape index (κ1) is 15.5. The van der Waals surface area contributed by atoms with E-state index in [-0.39, 0.29) is 5.82 Å². The first-order chi connectivity index (χ1) is 12.1. The zero-order valence-corrected chi connectivity index (χ0v) is 14.2. The smallest absolute Gasteiger partial charge is 0.127 e. The molecule has 4 rings (SSSR count). The number of fused-ring (bicyclic) bond motifs is 1. The molecule has 1 heterocycles. The maximum atomic E-state index is 13.0. The summed E-state index contributed by atoms with van der Waals surface area (Å²) in [6.45, 7) is 4.26. The van der Waals surface area contributed by atoms with Crippen LogP contribution in [-0.2, 0) is 0 Å². The van der Waals surface area contributed by atoms with Gasteiger partial charge < -0.3 is 9.30 Å². The molecule has 25 heavy (non-hydrogen) atoms. The Hall–Kier alpha value is -3.07. The summed E-state index contributed by atoms with van der Waals surface area (Å²) in [6.07, 6.45) is 2.16. The molecule has 0 radical (unpaired) electrons. The van der Waals surface area contributed by atoms with Gasteiger partial charge in [-0.25, -0.2) is 4.39 Å². The topological polar surface area (TPSA) is 14.2 Å². The van der Waals surface area contributed by atoms with E-state index >= 15 is 0 Å². The highest BCUT2D eigenvalue weighted by molar-refractivity contribution is 5.88. The lowest BCUT2D eigenvalue weighted by molar-refractivity contribution is 0.480. The summed E-state index contributed by atoms with van der Waals surface area (Å²) in [5.74, 6) is 1.07. The molecule has 3 aromatic carbocycles. The Balaban J connectivity index is 1.68. The van der Waals surface area contributed by atoms with Crippen LogP contribution >= 0.6 is 0 Å². The molecule has 0 bridgehead atoms. The standard InChI is InChI=1S/C22H18FNO/c1-15-4-3-5-21-16(2)14-24(22(15)21)18-8-12-20(13-9-18)25-19-10-6-17(23)7-11-19/h3-14H,1-2H3. The van der Waals surface area contributed by atoms with E-state index in [2.05, 4.69) is 42.8 Å². The molecule has 0 saturated heterocycles. The van der Waals surface area contributed by atoms with Gasteiger partial charge in [-0.3, -0.25) is 0 Å². The monoisotopic (exact) mass is 331 g/mol. The normalized spacial score (nSPS) is 11.0. The summed E-state index contributed by atoms with van der Waals surface area (Å²) < 4.78 is 20.9. The quantitative estimate of drug-likeness (QED) is 0.437. The third-order valence-electron chi connectivity index (χ3n) is 4.39. The summed E-state index contributed by atoms with van der Waals surface area (Å²) >= 11 is 0. The van der Waals surface area contributed by atoms with Gasteiger partial charge in [0.1, 0.15) is 17.3 Å². The van der Waals surface area contributed by atoms with Crippen LogP contribution in [0.2, 0.25) is 0 Å². The zero-order valence-electron chi connectivity index (χ0n) is 14.2. The lowest BCUT2D eigenvalue weighted by Crippen LogP contribution is -1.93. The van der Waals surface area contributed by atoms with E-state index in [1.807, 2.05) is 24.3 Å². The molecule has 0 aliphatic rings. The average Bonchev–Trinajstić information content (AvgIpc) is 2.96. The fourth-order valence-electron chi connectivity index (χ4n) is 3.14. The van der Waals surface area contributed by atoms with Gasteiger partial charge in [-0.15, -0.1) is 0 Å². The van der Waals surface area contributed by atoms with Crippen LogP contribution in [0.5, 0.6) is 11.5 Å². The molecule has 4 aromatic rings. The number of benzene rings is 3. The predicted octanol–water partition coefficient (Wildman–Crippen LogP) is 6.18. The molecule has 2 nitrogen and oxygen atoms in total. The van der Waals surface area contributed by atoms with Crippen molar-refractivity contribution in [3.63, 3.8) is 0 Å². The fraction of sp³-hybridized carbons (Fsp3) is 0.0909. The third kappa shape index (κ3) is 2.89. The molecule has 0 atom stereocenters. The summed E-state index contributed by atoms with van der Waals surface area (Å²) in [4.78, 5) is 0. The van der Waals surface area contributed by atoms with E-state index in [1.165, 1.54) is 34.2 Å². The van der Waals surface area contributed by atoms with Gasteiger partial charge in [0.2, 0.25) is 0 Å². The second-order valence-corrected chi connectivity index (χ2v) is 6.20. The van der Waals surface area contributed by atoms with Gasteiger partial charge in [0, 0.05) is 17.3 Å². The van der Waals surface area contributed by atoms with Crippen LogP contribution in [0.3, 0.4) is 0 Å². The Labute approximate surface area is 146 Å². The second-order valence-electron chi connectivity index (χ2n) is 6.20. The van der Waals surface area contributed by atoms with Crippen LogP contribution in [0.1, 0.15) is 11.1 Å². The molecule has 1 aromatic heterocycles. The Bertz CT molecular complexity index is 1030. The molecule has 0 fully saturated rings. The zero-order chi connectivity index (χ0) is 17.4. The number of nitrogens with zero attached hydrogens (tertiary/aromatic N) is 1. The van der Waals surface area contributed by atoms with E-state index in [0.717, 1.165) is 11.4 Å². The largest absolute Gasteiger partial charge is 0.457 e. The molecular weight excluding hydrogens is 313 g/mol. The van der Waals surface area contributed by atoms with Gasteiger partial charge >= 0.3 is 0 Å². The Morgan fingerprint density at radius 1 is 0.760 bits per heavy atom. The molecule has 0 spiro atoms.